The van der Waals surface area contributed by atoms with Crippen LogP contribution in [0.15, 0.2) is 18.3 Å². The first kappa shape index (κ1) is 14.7. The van der Waals surface area contributed by atoms with Gasteiger partial charge in [0.2, 0.25) is 5.91 Å². The van der Waals surface area contributed by atoms with E-state index >= 15 is 0 Å². The number of piperazine rings is 1. The zero-order chi connectivity index (χ0) is 13.7. The summed E-state index contributed by atoms with van der Waals surface area (Å²) in [7, 11) is 0. The van der Waals surface area contributed by atoms with Gasteiger partial charge >= 0.3 is 0 Å². The number of hydrogen-bond acceptors (Lipinski definition) is 4. The first-order chi connectivity index (χ1) is 9.19. The number of aromatic nitrogens is 1. The van der Waals surface area contributed by atoms with Crippen LogP contribution in [-0.2, 0) is 11.2 Å². The van der Waals surface area contributed by atoms with Crippen LogP contribution in [0.3, 0.4) is 0 Å². The molecule has 0 aromatic carbocycles. The lowest BCUT2D eigenvalue weighted by atomic mass is 10.2. The monoisotopic (exact) mass is 375 g/mol. The molecular weight excluding hydrogens is 357 g/mol. The normalized spacial score (nSPS) is 16.6. The van der Waals surface area contributed by atoms with Crippen LogP contribution >= 0.6 is 22.6 Å². The summed E-state index contributed by atoms with van der Waals surface area (Å²) in [4.78, 5) is 20.4. The zero-order valence-electron chi connectivity index (χ0n) is 10.8. The molecule has 0 saturated carbocycles. The van der Waals surface area contributed by atoms with Gasteiger partial charge in [-0.25, -0.2) is 0 Å². The first-order valence-electron chi connectivity index (χ1n) is 6.40. The Morgan fingerprint density at radius 1 is 1.32 bits per heavy atom. The van der Waals surface area contributed by atoms with Crippen molar-refractivity contribution < 1.29 is 9.90 Å². The maximum atomic E-state index is 12.1. The molecule has 0 bridgehead atoms. The summed E-state index contributed by atoms with van der Waals surface area (Å²) in [5.41, 5.74) is 0.961. The fraction of sp³-hybridized carbons (Fsp3) is 0.538. The molecule has 1 aliphatic heterocycles. The van der Waals surface area contributed by atoms with Gasteiger partial charge in [0, 0.05) is 38.9 Å². The number of nitrogens with zero attached hydrogens (tertiary/aromatic N) is 3. The van der Waals surface area contributed by atoms with E-state index < -0.39 is 0 Å². The number of carbonyl (C=O) groups excluding carboxylic acids is 1. The number of halogens is 1. The molecule has 0 unspecified atom stereocenters. The van der Waals surface area contributed by atoms with E-state index in [2.05, 4.69) is 32.5 Å². The molecule has 0 radical (unpaired) electrons. The van der Waals surface area contributed by atoms with Crippen molar-refractivity contribution in [1.82, 2.24) is 14.8 Å². The molecule has 1 aliphatic rings. The average molecular weight is 375 g/mol. The Hall–Kier alpha value is -0.730. The SMILES string of the molecule is O=C(Cc1ccc(I)nc1)N1CCN(CCO)CC1. The van der Waals surface area contributed by atoms with Crippen LogP contribution in [0.4, 0.5) is 0 Å². The number of aliphatic hydroxyl groups is 1. The molecule has 1 aromatic rings. The van der Waals surface area contributed by atoms with Gasteiger partial charge in [0.1, 0.15) is 3.70 Å². The minimum absolute atomic E-state index is 0.159. The lowest BCUT2D eigenvalue weighted by Gasteiger charge is -2.34. The van der Waals surface area contributed by atoms with Crippen LogP contribution in [0.1, 0.15) is 5.56 Å². The third-order valence-electron chi connectivity index (χ3n) is 3.29. The van der Waals surface area contributed by atoms with Gasteiger partial charge in [-0.3, -0.25) is 14.7 Å². The van der Waals surface area contributed by atoms with Gasteiger partial charge in [0.15, 0.2) is 0 Å². The highest BCUT2D eigenvalue weighted by Gasteiger charge is 2.20. The molecule has 1 fully saturated rings. The highest BCUT2D eigenvalue weighted by Crippen LogP contribution is 2.07. The van der Waals surface area contributed by atoms with Gasteiger partial charge in [-0.15, -0.1) is 0 Å². The summed E-state index contributed by atoms with van der Waals surface area (Å²) >= 11 is 2.15. The summed E-state index contributed by atoms with van der Waals surface area (Å²) in [6.45, 7) is 4.06. The maximum Gasteiger partial charge on any atom is 0.227 e. The van der Waals surface area contributed by atoms with Gasteiger partial charge in [0.05, 0.1) is 13.0 Å². The van der Waals surface area contributed by atoms with Crippen molar-refractivity contribution in [2.24, 2.45) is 0 Å². The fourth-order valence-corrected chi connectivity index (χ4v) is 2.48. The topological polar surface area (TPSA) is 56.7 Å². The minimum Gasteiger partial charge on any atom is -0.395 e. The van der Waals surface area contributed by atoms with Crippen molar-refractivity contribution >= 4 is 28.5 Å². The molecule has 1 saturated heterocycles. The Morgan fingerprint density at radius 3 is 2.63 bits per heavy atom. The summed E-state index contributed by atoms with van der Waals surface area (Å²) < 4.78 is 0.936. The molecule has 104 valence electrons. The van der Waals surface area contributed by atoms with Crippen molar-refractivity contribution in [2.45, 2.75) is 6.42 Å². The number of carbonyl (C=O) groups is 1. The summed E-state index contributed by atoms with van der Waals surface area (Å²) in [5.74, 6) is 0.159. The summed E-state index contributed by atoms with van der Waals surface area (Å²) in [6, 6.07) is 3.87. The Balaban J connectivity index is 1.83. The van der Waals surface area contributed by atoms with Crippen molar-refractivity contribution in [1.29, 1.82) is 0 Å². The second-order valence-electron chi connectivity index (χ2n) is 4.61. The van der Waals surface area contributed by atoms with Crippen LogP contribution in [-0.4, -0.2) is 65.1 Å². The van der Waals surface area contributed by atoms with Gasteiger partial charge in [-0.05, 0) is 34.2 Å². The molecule has 0 atom stereocenters. The van der Waals surface area contributed by atoms with E-state index in [1.165, 1.54) is 0 Å². The molecule has 1 N–H and O–H groups in total. The van der Waals surface area contributed by atoms with Gasteiger partial charge < -0.3 is 10.0 Å². The molecule has 1 aromatic heterocycles. The van der Waals surface area contributed by atoms with E-state index in [1.54, 1.807) is 6.20 Å². The van der Waals surface area contributed by atoms with Crippen LogP contribution in [0, 0.1) is 3.70 Å². The molecule has 1 amide bonds. The number of amides is 1. The first-order valence-corrected chi connectivity index (χ1v) is 7.48. The standard InChI is InChI=1S/C13H18IN3O2/c14-12-2-1-11(10-15-12)9-13(19)17-5-3-16(4-6-17)7-8-18/h1-2,10,18H,3-9H2. The smallest absolute Gasteiger partial charge is 0.227 e. The second-order valence-corrected chi connectivity index (χ2v) is 5.72. The van der Waals surface area contributed by atoms with E-state index in [0.29, 0.717) is 13.0 Å². The predicted molar refractivity (Wildman–Crippen MR) is 80.8 cm³/mol. The largest absolute Gasteiger partial charge is 0.395 e. The Kier molecular flexibility index (Phi) is 5.53. The Labute approximate surface area is 126 Å². The molecular formula is C13H18IN3O2. The van der Waals surface area contributed by atoms with Gasteiger partial charge in [-0.1, -0.05) is 6.07 Å². The molecule has 19 heavy (non-hydrogen) atoms. The lowest BCUT2D eigenvalue weighted by molar-refractivity contribution is -0.132. The fourth-order valence-electron chi connectivity index (χ4n) is 2.16. The number of aliphatic hydroxyl groups excluding tert-OH is 1. The number of rotatable bonds is 4. The van der Waals surface area contributed by atoms with E-state index in [9.17, 15) is 4.79 Å². The quantitative estimate of drug-likeness (QED) is 0.610. The number of β-amino-alcohol motifs (C(OH)–C–C–N with tert-alkyl or cyclic N) is 1. The van der Waals surface area contributed by atoms with E-state index in [4.69, 9.17) is 5.11 Å². The third-order valence-corrected chi connectivity index (χ3v) is 3.92. The molecule has 5 nitrogen and oxygen atoms in total. The number of pyridine rings is 1. The van der Waals surface area contributed by atoms with E-state index in [-0.39, 0.29) is 12.5 Å². The summed E-state index contributed by atoms with van der Waals surface area (Å²) in [6.07, 6.45) is 2.19. The maximum absolute atomic E-state index is 12.1. The highest BCUT2D eigenvalue weighted by atomic mass is 127. The predicted octanol–water partition coefficient (Wildman–Crippen LogP) is 0.365. The molecule has 6 heteroatoms. The van der Waals surface area contributed by atoms with Crippen LogP contribution in [0.2, 0.25) is 0 Å². The van der Waals surface area contributed by atoms with Gasteiger partial charge in [-0.2, -0.15) is 0 Å². The summed E-state index contributed by atoms with van der Waals surface area (Å²) in [5, 5.41) is 8.88. The van der Waals surface area contributed by atoms with Crippen LogP contribution in [0.5, 0.6) is 0 Å². The molecule has 2 heterocycles. The zero-order valence-corrected chi connectivity index (χ0v) is 12.9. The average Bonchev–Trinajstić information content (AvgIpc) is 2.42. The van der Waals surface area contributed by atoms with Crippen LogP contribution in [0.25, 0.3) is 0 Å². The molecule has 2 rings (SSSR count). The van der Waals surface area contributed by atoms with Gasteiger partial charge in [0.25, 0.3) is 0 Å². The molecule has 0 aliphatic carbocycles. The van der Waals surface area contributed by atoms with E-state index in [1.807, 2.05) is 17.0 Å². The van der Waals surface area contributed by atoms with Crippen molar-refractivity contribution in [3.05, 3.63) is 27.6 Å². The second kappa shape index (κ2) is 7.16. The van der Waals surface area contributed by atoms with Crippen LogP contribution < -0.4 is 0 Å². The minimum atomic E-state index is 0.159. The molecule has 0 spiro atoms. The van der Waals surface area contributed by atoms with E-state index in [0.717, 1.165) is 35.4 Å². The Morgan fingerprint density at radius 2 is 2.05 bits per heavy atom. The number of hydrogen-bond donors (Lipinski definition) is 1. The Bertz CT molecular complexity index is 416. The third kappa shape index (κ3) is 4.39. The van der Waals surface area contributed by atoms with Crippen molar-refractivity contribution in [3.63, 3.8) is 0 Å². The van der Waals surface area contributed by atoms with Crippen molar-refractivity contribution in [2.75, 3.05) is 39.3 Å². The highest BCUT2D eigenvalue weighted by molar-refractivity contribution is 14.1. The van der Waals surface area contributed by atoms with Crippen molar-refractivity contribution in [3.8, 4) is 0 Å². The lowest BCUT2D eigenvalue weighted by Crippen LogP contribution is -2.49.